The molecule has 1 aliphatic heterocycles. The molecule has 2 aromatic rings. The Hall–Kier alpha value is -1.85. The van der Waals surface area contributed by atoms with Crippen LogP contribution in [0.1, 0.15) is 46.5 Å². The van der Waals surface area contributed by atoms with E-state index in [2.05, 4.69) is 17.3 Å². The van der Waals surface area contributed by atoms with Crippen LogP contribution in [0.15, 0.2) is 40.9 Å². The molecular weight excluding hydrogens is 326 g/mol. The van der Waals surface area contributed by atoms with Crippen molar-refractivity contribution in [3.8, 4) is 0 Å². The Morgan fingerprint density at radius 2 is 2.00 bits per heavy atom. The highest BCUT2D eigenvalue weighted by molar-refractivity contribution is 5.92. The largest absolute Gasteiger partial charge is 0.360 e. The summed E-state index contributed by atoms with van der Waals surface area (Å²) in [6.45, 7) is 1.95. The van der Waals surface area contributed by atoms with Crippen molar-refractivity contribution in [3.63, 3.8) is 0 Å². The zero-order valence-electron chi connectivity index (χ0n) is 13.4. The third-order valence-electron chi connectivity index (χ3n) is 4.99. The highest BCUT2D eigenvalue weighted by atomic mass is 35.5. The van der Waals surface area contributed by atoms with Gasteiger partial charge in [0.15, 0.2) is 5.69 Å². The Labute approximate surface area is 147 Å². The number of carbonyl (C=O) groups excluding carboxylic acids is 1. The predicted octanol–water partition coefficient (Wildman–Crippen LogP) is 2.79. The van der Waals surface area contributed by atoms with E-state index in [1.165, 1.54) is 5.56 Å². The Kier molecular flexibility index (Phi) is 4.92. The topological polar surface area (TPSA) is 72.4 Å². The first-order valence-electron chi connectivity index (χ1n) is 8.27. The molecule has 0 unspecified atom stereocenters. The molecule has 1 saturated heterocycles. The maximum atomic E-state index is 12.7. The van der Waals surface area contributed by atoms with Gasteiger partial charge < -0.3 is 15.2 Å². The molecule has 0 radical (unpaired) electrons. The van der Waals surface area contributed by atoms with Crippen molar-refractivity contribution in [1.82, 2.24) is 10.1 Å². The molecule has 2 aliphatic rings. The van der Waals surface area contributed by atoms with E-state index in [9.17, 15) is 4.79 Å². The zero-order valence-corrected chi connectivity index (χ0v) is 14.2. The second-order valence-corrected chi connectivity index (χ2v) is 6.61. The van der Waals surface area contributed by atoms with Gasteiger partial charge in [-0.3, -0.25) is 4.79 Å². The van der Waals surface area contributed by atoms with Crippen molar-refractivity contribution < 1.29 is 9.32 Å². The summed E-state index contributed by atoms with van der Waals surface area (Å²) in [5, 5.41) is 3.97. The molecule has 2 N–H and O–H groups in total. The first kappa shape index (κ1) is 17.0. The van der Waals surface area contributed by atoms with Crippen LogP contribution in [0.5, 0.6) is 0 Å². The van der Waals surface area contributed by atoms with Gasteiger partial charge in [0.2, 0.25) is 0 Å². The minimum absolute atomic E-state index is 0. The van der Waals surface area contributed by atoms with E-state index >= 15 is 0 Å². The molecule has 24 heavy (non-hydrogen) atoms. The Bertz CT molecular complexity index is 699. The van der Waals surface area contributed by atoms with Crippen LogP contribution >= 0.6 is 12.4 Å². The van der Waals surface area contributed by atoms with Gasteiger partial charge in [-0.1, -0.05) is 35.5 Å². The smallest absolute Gasteiger partial charge is 0.276 e. The number of benzene rings is 1. The molecule has 2 atom stereocenters. The number of hydrogen-bond donors (Lipinski definition) is 1. The van der Waals surface area contributed by atoms with E-state index in [1.54, 1.807) is 0 Å². The summed E-state index contributed by atoms with van der Waals surface area (Å²) in [7, 11) is 0. The molecular formula is C18H22ClN3O2. The normalized spacial score (nSPS) is 23.1. The van der Waals surface area contributed by atoms with Crippen LogP contribution in [0.4, 0.5) is 0 Å². The van der Waals surface area contributed by atoms with Crippen LogP contribution in [-0.4, -0.2) is 35.6 Å². The third-order valence-corrected chi connectivity index (χ3v) is 4.99. The number of hydrogen-bond acceptors (Lipinski definition) is 4. The number of amides is 1. The van der Waals surface area contributed by atoms with Crippen molar-refractivity contribution in [2.24, 2.45) is 11.7 Å². The molecule has 1 saturated carbocycles. The minimum Gasteiger partial charge on any atom is -0.360 e. The van der Waals surface area contributed by atoms with Crippen LogP contribution in [0.3, 0.4) is 0 Å². The number of carbonyl (C=O) groups is 1. The van der Waals surface area contributed by atoms with Crippen molar-refractivity contribution in [1.29, 1.82) is 0 Å². The van der Waals surface area contributed by atoms with Gasteiger partial charge in [-0.25, -0.2) is 0 Å². The van der Waals surface area contributed by atoms with E-state index in [0.29, 0.717) is 37.2 Å². The molecule has 1 amide bonds. The quantitative estimate of drug-likeness (QED) is 0.923. The number of nitrogens with zero attached hydrogens (tertiary/aromatic N) is 2. The van der Waals surface area contributed by atoms with E-state index in [-0.39, 0.29) is 24.2 Å². The van der Waals surface area contributed by atoms with Gasteiger partial charge >= 0.3 is 0 Å². The van der Waals surface area contributed by atoms with Gasteiger partial charge in [0.1, 0.15) is 5.76 Å². The Balaban J connectivity index is 0.00000169. The maximum absolute atomic E-state index is 12.7. The Morgan fingerprint density at radius 3 is 2.67 bits per heavy atom. The van der Waals surface area contributed by atoms with Crippen molar-refractivity contribution in [2.75, 3.05) is 19.6 Å². The summed E-state index contributed by atoms with van der Waals surface area (Å²) in [5.41, 5.74) is 7.62. The highest BCUT2D eigenvalue weighted by Crippen LogP contribution is 2.40. The summed E-state index contributed by atoms with van der Waals surface area (Å²) in [5.74, 6) is 1.85. The first-order chi connectivity index (χ1) is 11.3. The van der Waals surface area contributed by atoms with E-state index in [0.717, 1.165) is 18.6 Å². The minimum atomic E-state index is -0.0440. The van der Waals surface area contributed by atoms with Gasteiger partial charge in [-0.2, -0.15) is 0 Å². The lowest BCUT2D eigenvalue weighted by atomic mass is 9.89. The maximum Gasteiger partial charge on any atom is 0.276 e. The van der Waals surface area contributed by atoms with Crippen molar-refractivity contribution in [2.45, 2.75) is 24.7 Å². The molecule has 128 valence electrons. The summed E-state index contributed by atoms with van der Waals surface area (Å²) in [6, 6.07) is 12.1. The molecule has 1 aliphatic carbocycles. The van der Waals surface area contributed by atoms with E-state index < -0.39 is 0 Å². The van der Waals surface area contributed by atoms with Crippen LogP contribution in [0, 0.1) is 5.92 Å². The lowest BCUT2D eigenvalue weighted by Gasteiger charge is -2.16. The molecule has 2 heterocycles. The second-order valence-electron chi connectivity index (χ2n) is 6.61. The van der Waals surface area contributed by atoms with Gasteiger partial charge in [-0.15, -0.1) is 12.4 Å². The average Bonchev–Trinajstić information content (AvgIpc) is 3.17. The monoisotopic (exact) mass is 347 g/mol. The molecule has 0 spiro atoms. The Morgan fingerprint density at radius 1 is 1.25 bits per heavy atom. The fourth-order valence-electron chi connectivity index (χ4n) is 3.47. The predicted molar refractivity (Wildman–Crippen MR) is 93.4 cm³/mol. The van der Waals surface area contributed by atoms with Gasteiger partial charge in [-0.05, 0) is 30.9 Å². The summed E-state index contributed by atoms with van der Waals surface area (Å²) in [6.07, 6.45) is 2.27. The van der Waals surface area contributed by atoms with Crippen LogP contribution in [0.25, 0.3) is 0 Å². The van der Waals surface area contributed by atoms with E-state index in [4.69, 9.17) is 10.3 Å². The third kappa shape index (κ3) is 3.19. The SMILES string of the molecule is Cl.NC[C@@H]1CN(C(=O)c2cc(C3CC3)on2)C[C@H]1c1ccccc1. The summed E-state index contributed by atoms with van der Waals surface area (Å²) >= 11 is 0. The molecule has 0 bridgehead atoms. The molecule has 1 aromatic heterocycles. The number of halogens is 1. The molecule has 5 nitrogen and oxygen atoms in total. The fourth-order valence-corrected chi connectivity index (χ4v) is 3.47. The number of rotatable bonds is 4. The molecule has 4 rings (SSSR count). The highest BCUT2D eigenvalue weighted by Gasteiger charge is 2.37. The molecule has 1 aromatic carbocycles. The van der Waals surface area contributed by atoms with Crippen LogP contribution in [-0.2, 0) is 0 Å². The van der Waals surface area contributed by atoms with Gasteiger partial charge in [0.05, 0.1) is 0 Å². The van der Waals surface area contributed by atoms with Crippen molar-refractivity contribution >= 4 is 18.3 Å². The lowest BCUT2D eigenvalue weighted by molar-refractivity contribution is 0.0776. The van der Waals surface area contributed by atoms with Crippen LogP contribution in [0.2, 0.25) is 0 Å². The molecule has 6 heteroatoms. The standard InChI is InChI=1S/C18H21N3O2.ClH/c19-9-14-10-21(11-15(14)12-4-2-1-3-5-12)18(22)16-8-17(23-20-16)13-6-7-13;/h1-5,8,13-15H,6-7,9-11,19H2;1H/t14-,15+;/m1./s1. The van der Waals surface area contributed by atoms with E-state index in [1.807, 2.05) is 29.2 Å². The van der Waals surface area contributed by atoms with Gasteiger partial charge in [0, 0.05) is 31.0 Å². The number of aromatic nitrogens is 1. The lowest BCUT2D eigenvalue weighted by Crippen LogP contribution is -2.30. The second kappa shape index (κ2) is 6.95. The van der Waals surface area contributed by atoms with Crippen LogP contribution < -0.4 is 5.73 Å². The van der Waals surface area contributed by atoms with Gasteiger partial charge in [0.25, 0.3) is 5.91 Å². The first-order valence-corrected chi connectivity index (χ1v) is 8.27. The number of nitrogens with two attached hydrogens (primary N) is 1. The fraction of sp³-hybridized carbons (Fsp3) is 0.444. The molecule has 2 fully saturated rings. The summed E-state index contributed by atoms with van der Waals surface area (Å²) in [4.78, 5) is 14.6. The zero-order chi connectivity index (χ0) is 15.8. The summed E-state index contributed by atoms with van der Waals surface area (Å²) < 4.78 is 5.31. The average molecular weight is 348 g/mol. The number of likely N-dealkylation sites (tertiary alicyclic amines) is 1. The van der Waals surface area contributed by atoms with Crippen molar-refractivity contribution in [3.05, 3.63) is 53.4 Å².